The molecule has 0 bridgehead atoms. The van der Waals surface area contributed by atoms with Gasteiger partial charge in [0.05, 0.1) is 17.5 Å². The Bertz CT molecular complexity index is 485. The Balaban J connectivity index is 1.99. The molecular weight excluding hydrogens is 264 g/mol. The summed E-state index contributed by atoms with van der Waals surface area (Å²) in [5.41, 5.74) is 1.97. The second-order valence-corrected chi connectivity index (χ2v) is 6.34. The quantitative estimate of drug-likeness (QED) is 0.913. The molecule has 2 aromatic heterocycles. The van der Waals surface area contributed by atoms with Crippen LogP contribution in [0.15, 0.2) is 29.8 Å². The van der Waals surface area contributed by atoms with Gasteiger partial charge in [0, 0.05) is 22.6 Å². The van der Waals surface area contributed by atoms with Crippen molar-refractivity contribution in [2.75, 3.05) is 0 Å². The highest BCUT2D eigenvalue weighted by Crippen LogP contribution is 2.25. The van der Waals surface area contributed by atoms with Gasteiger partial charge in [-0.25, -0.2) is 4.98 Å². The standard InChI is InChI=1S/C13H16N2OS2/c1-9(16)10(2)17-7-11-8-18-13(15-11)12-5-3-4-6-14-12/h3-6,8-10,16H,7H2,1-2H3/t9-,10-/m0/s1. The van der Waals surface area contributed by atoms with Gasteiger partial charge in [-0.1, -0.05) is 13.0 Å². The molecule has 0 amide bonds. The first-order chi connectivity index (χ1) is 8.66. The van der Waals surface area contributed by atoms with E-state index in [0.29, 0.717) is 0 Å². The van der Waals surface area contributed by atoms with Gasteiger partial charge >= 0.3 is 0 Å². The molecule has 0 aliphatic heterocycles. The van der Waals surface area contributed by atoms with Crippen LogP contribution in [0.25, 0.3) is 10.7 Å². The molecule has 1 N–H and O–H groups in total. The van der Waals surface area contributed by atoms with Crippen molar-refractivity contribution >= 4 is 23.1 Å². The van der Waals surface area contributed by atoms with Crippen molar-refractivity contribution in [3.63, 3.8) is 0 Å². The maximum Gasteiger partial charge on any atom is 0.142 e. The molecule has 0 unspecified atom stereocenters. The summed E-state index contributed by atoms with van der Waals surface area (Å²) >= 11 is 3.33. The number of hydrogen-bond donors (Lipinski definition) is 1. The van der Waals surface area contributed by atoms with Crippen LogP contribution in [0.3, 0.4) is 0 Å². The maximum absolute atomic E-state index is 9.43. The molecule has 0 saturated heterocycles. The topological polar surface area (TPSA) is 46.0 Å². The first-order valence-electron chi connectivity index (χ1n) is 5.82. The van der Waals surface area contributed by atoms with Crippen LogP contribution in [0.1, 0.15) is 19.5 Å². The van der Waals surface area contributed by atoms with E-state index in [9.17, 15) is 5.11 Å². The highest BCUT2D eigenvalue weighted by Gasteiger charge is 2.11. The number of thioether (sulfide) groups is 1. The van der Waals surface area contributed by atoms with Gasteiger partial charge in [0.15, 0.2) is 0 Å². The van der Waals surface area contributed by atoms with Crippen LogP contribution >= 0.6 is 23.1 Å². The molecule has 0 aromatic carbocycles. The lowest BCUT2D eigenvalue weighted by atomic mass is 10.3. The lowest BCUT2D eigenvalue weighted by Crippen LogP contribution is -2.15. The molecule has 2 aromatic rings. The fourth-order valence-corrected chi connectivity index (χ4v) is 3.10. The van der Waals surface area contributed by atoms with Crippen molar-refractivity contribution in [3.05, 3.63) is 35.5 Å². The Labute approximate surface area is 115 Å². The van der Waals surface area contributed by atoms with Gasteiger partial charge in [0.25, 0.3) is 0 Å². The zero-order valence-electron chi connectivity index (χ0n) is 10.4. The van der Waals surface area contributed by atoms with Crippen molar-refractivity contribution in [2.24, 2.45) is 0 Å². The van der Waals surface area contributed by atoms with E-state index in [1.165, 1.54) is 0 Å². The minimum Gasteiger partial charge on any atom is -0.392 e. The number of aliphatic hydroxyl groups is 1. The summed E-state index contributed by atoms with van der Waals surface area (Å²) in [6.07, 6.45) is 1.49. The number of pyridine rings is 1. The zero-order valence-corrected chi connectivity index (χ0v) is 12.0. The van der Waals surface area contributed by atoms with Gasteiger partial charge < -0.3 is 5.11 Å². The van der Waals surface area contributed by atoms with Crippen LogP contribution < -0.4 is 0 Å². The van der Waals surface area contributed by atoms with E-state index in [0.717, 1.165) is 22.1 Å². The predicted molar refractivity (Wildman–Crippen MR) is 77.8 cm³/mol. The first-order valence-corrected chi connectivity index (χ1v) is 7.75. The zero-order chi connectivity index (χ0) is 13.0. The van der Waals surface area contributed by atoms with Crippen LogP contribution in [0.4, 0.5) is 0 Å². The summed E-state index contributed by atoms with van der Waals surface area (Å²) in [5.74, 6) is 0.829. The Morgan fingerprint density at radius 1 is 1.39 bits per heavy atom. The lowest BCUT2D eigenvalue weighted by Gasteiger charge is -2.12. The molecule has 2 rings (SSSR count). The number of hydrogen-bond acceptors (Lipinski definition) is 5. The molecule has 5 heteroatoms. The molecule has 0 aliphatic rings. The second kappa shape index (κ2) is 6.31. The minimum absolute atomic E-state index is 0.227. The first kappa shape index (κ1) is 13.5. The van der Waals surface area contributed by atoms with E-state index < -0.39 is 0 Å². The third kappa shape index (κ3) is 3.54. The average molecular weight is 280 g/mol. The molecule has 2 heterocycles. The molecule has 0 spiro atoms. The number of aliphatic hydroxyl groups excluding tert-OH is 1. The number of rotatable bonds is 5. The third-order valence-corrected chi connectivity index (χ3v) is 4.90. The summed E-state index contributed by atoms with van der Waals surface area (Å²) in [4.78, 5) is 8.85. The van der Waals surface area contributed by atoms with E-state index in [4.69, 9.17) is 0 Å². The number of aromatic nitrogens is 2. The SMILES string of the molecule is C[C@H](O)[C@H](C)SCc1csc(-c2ccccn2)n1. The highest BCUT2D eigenvalue weighted by molar-refractivity contribution is 7.99. The van der Waals surface area contributed by atoms with Crippen molar-refractivity contribution < 1.29 is 5.11 Å². The molecule has 96 valence electrons. The summed E-state index contributed by atoms with van der Waals surface area (Å²) in [7, 11) is 0. The summed E-state index contributed by atoms with van der Waals surface area (Å²) < 4.78 is 0. The Morgan fingerprint density at radius 2 is 2.22 bits per heavy atom. The van der Waals surface area contributed by atoms with E-state index >= 15 is 0 Å². The van der Waals surface area contributed by atoms with Gasteiger partial charge in [-0.3, -0.25) is 4.98 Å². The van der Waals surface area contributed by atoms with E-state index in [2.05, 4.69) is 15.3 Å². The molecule has 0 saturated carbocycles. The van der Waals surface area contributed by atoms with Crippen LogP contribution in [0, 0.1) is 0 Å². The Morgan fingerprint density at radius 3 is 2.89 bits per heavy atom. The molecule has 3 nitrogen and oxygen atoms in total. The average Bonchev–Trinajstić information content (AvgIpc) is 2.85. The summed E-state index contributed by atoms with van der Waals surface area (Å²) in [6.45, 7) is 3.85. The van der Waals surface area contributed by atoms with Gasteiger partial charge in [-0.15, -0.1) is 23.1 Å². The Kier molecular flexibility index (Phi) is 4.74. The molecule has 0 aliphatic carbocycles. The Hall–Kier alpha value is -0.910. The van der Waals surface area contributed by atoms with E-state index in [-0.39, 0.29) is 11.4 Å². The number of thiazole rings is 1. The smallest absolute Gasteiger partial charge is 0.142 e. The maximum atomic E-state index is 9.43. The van der Waals surface area contributed by atoms with E-state index in [1.807, 2.05) is 32.0 Å². The predicted octanol–water partition coefficient (Wildman–Crippen LogP) is 3.21. The number of nitrogens with zero attached hydrogens (tertiary/aromatic N) is 2. The summed E-state index contributed by atoms with van der Waals surface area (Å²) in [5, 5.41) is 12.7. The van der Waals surface area contributed by atoms with Gasteiger partial charge in [-0.05, 0) is 19.1 Å². The third-order valence-electron chi connectivity index (χ3n) is 2.61. The summed E-state index contributed by atoms with van der Waals surface area (Å²) in [6, 6.07) is 5.83. The molecule has 18 heavy (non-hydrogen) atoms. The van der Waals surface area contributed by atoms with Gasteiger partial charge in [0.2, 0.25) is 0 Å². The van der Waals surface area contributed by atoms with Crippen LogP contribution in [0.5, 0.6) is 0 Å². The highest BCUT2D eigenvalue weighted by atomic mass is 32.2. The molecule has 2 atom stereocenters. The van der Waals surface area contributed by atoms with Gasteiger partial charge in [-0.2, -0.15) is 0 Å². The fraction of sp³-hybridized carbons (Fsp3) is 0.385. The fourth-order valence-electron chi connectivity index (χ4n) is 1.34. The monoisotopic (exact) mass is 280 g/mol. The van der Waals surface area contributed by atoms with Crippen molar-refractivity contribution in [1.82, 2.24) is 9.97 Å². The molecule has 0 fully saturated rings. The van der Waals surface area contributed by atoms with Crippen molar-refractivity contribution in [1.29, 1.82) is 0 Å². The normalized spacial score (nSPS) is 14.4. The van der Waals surface area contributed by atoms with Crippen LogP contribution in [-0.4, -0.2) is 26.4 Å². The lowest BCUT2D eigenvalue weighted by molar-refractivity contribution is 0.196. The molecular formula is C13H16N2OS2. The largest absolute Gasteiger partial charge is 0.392 e. The van der Waals surface area contributed by atoms with Gasteiger partial charge in [0.1, 0.15) is 5.01 Å². The minimum atomic E-state index is -0.288. The van der Waals surface area contributed by atoms with Crippen molar-refractivity contribution in [2.45, 2.75) is 31.0 Å². The van der Waals surface area contributed by atoms with E-state index in [1.54, 1.807) is 29.3 Å². The van der Waals surface area contributed by atoms with Crippen LogP contribution in [-0.2, 0) is 5.75 Å². The second-order valence-electron chi connectivity index (χ2n) is 4.12. The molecule has 0 radical (unpaired) electrons. The van der Waals surface area contributed by atoms with Crippen LogP contribution in [0.2, 0.25) is 0 Å². The van der Waals surface area contributed by atoms with Crippen molar-refractivity contribution in [3.8, 4) is 10.7 Å².